The maximum Gasteiger partial charge on any atom is 0.264 e. The van der Waals surface area contributed by atoms with Crippen molar-refractivity contribution in [2.75, 3.05) is 6.26 Å². The van der Waals surface area contributed by atoms with Crippen molar-refractivity contribution in [3.05, 3.63) is 17.5 Å². The van der Waals surface area contributed by atoms with E-state index in [4.69, 9.17) is 4.52 Å². The van der Waals surface area contributed by atoms with Crippen LogP contribution >= 0.6 is 0 Å². The minimum atomic E-state index is -3.40. The molecule has 78 valence electrons. The van der Waals surface area contributed by atoms with Crippen LogP contribution in [-0.4, -0.2) is 19.8 Å². The summed E-state index contributed by atoms with van der Waals surface area (Å²) in [6, 6.07) is 1.75. The normalized spacial score (nSPS) is 17.2. The van der Waals surface area contributed by atoms with Crippen molar-refractivity contribution >= 4 is 10.1 Å². The van der Waals surface area contributed by atoms with Gasteiger partial charge in [0.2, 0.25) is 0 Å². The lowest BCUT2D eigenvalue weighted by molar-refractivity contribution is 0.293. The van der Waals surface area contributed by atoms with Gasteiger partial charge in [-0.05, 0) is 12.8 Å². The Bertz CT molecular complexity index is 418. The highest BCUT2D eigenvalue weighted by molar-refractivity contribution is 7.85. The van der Waals surface area contributed by atoms with E-state index in [0.29, 0.717) is 11.6 Å². The summed E-state index contributed by atoms with van der Waals surface area (Å²) in [6.45, 7) is -0.0466. The fourth-order valence-corrected chi connectivity index (χ4v) is 1.46. The highest BCUT2D eigenvalue weighted by Gasteiger charge is 2.27. The van der Waals surface area contributed by atoms with Gasteiger partial charge < -0.3 is 4.52 Å². The third-order valence-corrected chi connectivity index (χ3v) is 2.52. The van der Waals surface area contributed by atoms with Gasteiger partial charge in [0.15, 0.2) is 0 Å². The molecule has 14 heavy (non-hydrogen) atoms. The Morgan fingerprint density at radius 2 is 2.36 bits per heavy atom. The highest BCUT2D eigenvalue weighted by Crippen LogP contribution is 2.40. The van der Waals surface area contributed by atoms with Crippen LogP contribution in [-0.2, 0) is 20.9 Å². The number of aromatic nitrogens is 1. The molecule has 1 aromatic heterocycles. The Balaban J connectivity index is 1.96. The summed E-state index contributed by atoms with van der Waals surface area (Å²) in [5.41, 5.74) is 0.525. The van der Waals surface area contributed by atoms with Gasteiger partial charge in [-0.15, -0.1) is 0 Å². The zero-order chi connectivity index (χ0) is 10.2. The molecular formula is C8H11NO4S. The summed E-state index contributed by atoms with van der Waals surface area (Å²) >= 11 is 0. The van der Waals surface area contributed by atoms with Gasteiger partial charge in [0.25, 0.3) is 10.1 Å². The number of hydrogen-bond donors (Lipinski definition) is 0. The van der Waals surface area contributed by atoms with Crippen molar-refractivity contribution in [2.24, 2.45) is 0 Å². The zero-order valence-corrected chi connectivity index (χ0v) is 8.58. The topological polar surface area (TPSA) is 69.4 Å². The van der Waals surface area contributed by atoms with E-state index in [9.17, 15) is 8.42 Å². The van der Waals surface area contributed by atoms with Gasteiger partial charge in [-0.3, -0.25) is 4.18 Å². The van der Waals surface area contributed by atoms with Crippen molar-refractivity contribution in [1.29, 1.82) is 0 Å². The van der Waals surface area contributed by atoms with E-state index < -0.39 is 10.1 Å². The largest absolute Gasteiger partial charge is 0.361 e. The lowest BCUT2D eigenvalue weighted by Crippen LogP contribution is -2.02. The minimum absolute atomic E-state index is 0.0466. The smallest absolute Gasteiger partial charge is 0.264 e. The van der Waals surface area contributed by atoms with Gasteiger partial charge in [0.05, 0.1) is 6.26 Å². The standard InChI is InChI=1S/C8H11NO4S/c1-14(10,11)12-5-7-4-8(13-9-7)6-2-3-6/h4,6H,2-3,5H2,1H3. The van der Waals surface area contributed by atoms with Gasteiger partial charge in [-0.25, -0.2) is 0 Å². The van der Waals surface area contributed by atoms with Crippen LogP contribution in [0.25, 0.3) is 0 Å². The second-order valence-corrected chi connectivity index (χ2v) is 5.11. The van der Waals surface area contributed by atoms with Crippen LogP contribution in [0.3, 0.4) is 0 Å². The fraction of sp³-hybridized carbons (Fsp3) is 0.625. The summed E-state index contributed by atoms with van der Waals surface area (Å²) < 4.78 is 31.0. The van der Waals surface area contributed by atoms with E-state index in [1.54, 1.807) is 6.07 Å². The van der Waals surface area contributed by atoms with Crippen LogP contribution in [0.2, 0.25) is 0 Å². The first-order valence-corrected chi connectivity index (χ1v) is 6.16. The van der Waals surface area contributed by atoms with Crippen LogP contribution in [0.1, 0.15) is 30.2 Å². The van der Waals surface area contributed by atoms with E-state index in [2.05, 4.69) is 9.34 Å². The van der Waals surface area contributed by atoms with Gasteiger partial charge >= 0.3 is 0 Å². The van der Waals surface area contributed by atoms with E-state index in [1.165, 1.54) is 0 Å². The zero-order valence-electron chi connectivity index (χ0n) is 7.76. The highest BCUT2D eigenvalue weighted by atomic mass is 32.2. The Kier molecular flexibility index (Phi) is 2.32. The Morgan fingerprint density at radius 1 is 1.64 bits per heavy atom. The third-order valence-electron chi connectivity index (χ3n) is 1.98. The van der Waals surface area contributed by atoms with E-state index in [-0.39, 0.29) is 6.61 Å². The average molecular weight is 217 g/mol. The molecule has 2 rings (SSSR count). The number of hydrogen-bond acceptors (Lipinski definition) is 5. The Hall–Kier alpha value is -0.880. The predicted molar refractivity (Wildman–Crippen MR) is 48.1 cm³/mol. The maximum atomic E-state index is 10.7. The Labute approximate surface area is 82.2 Å². The molecule has 0 radical (unpaired) electrons. The molecule has 0 aliphatic heterocycles. The van der Waals surface area contributed by atoms with Crippen molar-refractivity contribution < 1.29 is 17.1 Å². The summed E-state index contributed by atoms with van der Waals surface area (Å²) in [6.07, 6.45) is 3.26. The quantitative estimate of drug-likeness (QED) is 0.704. The molecule has 0 bridgehead atoms. The maximum absolute atomic E-state index is 10.7. The van der Waals surface area contributed by atoms with Gasteiger partial charge in [-0.1, -0.05) is 5.16 Å². The molecule has 0 unspecified atom stereocenters. The van der Waals surface area contributed by atoms with Gasteiger partial charge in [0.1, 0.15) is 18.1 Å². The Morgan fingerprint density at radius 3 is 2.93 bits per heavy atom. The molecule has 1 heterocycles. The molecular weight excluding hydrogens is 206 g/mol. The van der Waals surface area contributed by atoms with Crippen molar-refractivity contribution in [2.45, 2.75) is 25.4 Å². The molecule has 0 spiro atoms. The molecule has 1 aliphatic rings. The van der Waals surface area contributed by atoms with Gasteiger partial charge in [-0.2, -0.15) is 8.42 Å². The number of nitrogens with zero attached hydrogens (tertiary/aromatic N) is 1. The first-order chi connectivity index (χ1) is 6.54. The van der Waals surface area contributed by atoms with Crippen molar-refractivity contribution in [3.63, 3.8) is 0 Å². The molecule has 6 heteroatoms. The molecule has 1 aliphatic carbocycles. The fourth-order valence-electron chi connectivity index (χ4n) is 1.12. The summed E-state index contributed by atoms with van der Waals surface area (Å²) in [5, 5.41) is 3.72. The predicted octanol–water partition coefficient (Wildman–Crippen LogP) is 1.03. The molecule has 0 amide bonds. The molecule has 0 N–H and O–H groups in total. The van der Waals surface area contributed by atoms with Crippen molar-refractivity contribution in [1.82, 2.24) is 5.16 Å². The van der Waals surface area contributed by atoms with E-state index >= 15 is 0 Å². The lowest BCUT2D eigenvalue weighted by atomic mass is 10.3. The number of rotatable bonds is 4. The van der Waals surface area contributed by atoms with Crippen LogP contribution in [0.5, 0.6) is 0 Å². The summed E-state index contributed by atoms with van der Waals surface area (Å²) in [5.74, 6) is 1.31. The molecule has 1 saturated carbocycles. The molecule has 1 aromatic rings. The first kappa shape index (κ1) is 9.67. The molecule has 5 nitrogen and oxygen atoms in total. The average Bonchev–Trinajstić information content (AvgIpc) is 2.81. The van der Waals surface area contributed by atoms with Crippen molar-refractivity contribution in [3.8, 4) is 0 Å². The van der Waals surface area contributed by atoms with Crippen LogP contribution < -0.4 is 0 Å². The molecule has 0 saturated heterocycles. The molecule has 0 atom stereocenters. The third kappa shape index (κ3) is 2.55. The van der Waals surface area contributed by atoms with Crippen LogP contribution in [0.4, 0.5) is 0 Å². The monoisotopic (exact) mass is 217 g/mol. The summed E-state index contributed by atoms with van der Waals surface area (Å²) in [7, 11) is -3.40. The molecule has 0 aromatic carbocycles. The molecule has 1 fully saturated rings. The van der Waals surface area contributed by atoms with E-state index in [1.807, 2.05) is 0 Å². The minimum Gasteiger partial charge on any atom is -0.361 e. The van der Waals surface area contributed by atoms with Gasteiger partial charge in [0, 0.05) is 12.0 Å². The second-order valence-electron chi connectivity index (χ2n) is 3.46. The lowest BCUT2D eigenvalue weighted by Gasteiger charge is -1.94. The van der Waals surface area contributed by atoms with Crippen LogP contribution in [0, 0.1) is 0 Å². The van der Waals surface area contributed by atoms with E-state index in [0.717, 1.165) is 24.9 Å². The summed E-state index contributed by atoms with van der Waals surface area (Å²) in [4.78, 5) is 0. The first-order valence-electron chi connectivity index (χ1n) is 4.34. The van der Waals surface area contributed by atoms with Crippen LogP contribution in [0.15, 0.2) is 10.6 Å². The second kappa shape index (κ2) is 3.36. The SMILES string of the molecule is CS(=O)(=O)OCc1cc(C2CC2)on1.